The van der Waals surface area contributed by atoms with Crippen molar-refractivity contribution in [2.45, 2.75) is 6.92 Å². The monoisotopic (exact) mass is 267 g/mol. The fourth-order valence-electron chi connectivity index (χ4n) is 2.39. The Morgan fingerprint density at radius 3 is 2.50 bits per heavy atom. The number of hydrogen-bond donors (Lipinski definition) is 1. The van der Waals surface area contributed by atoms with E-state index in [4.69, 9.17) is 4.74 Å². The van der Waals surface area contributed by atoms with Crippen molar-refractivity contribution in [3.8, 4) is 11.1 Å². The maximum Gasteiger partial charge on any atom is 0.411 e. The number of fused-ring (bicyclic) bond motifs is 3. The summed E-state index contributed by atoms with van der Waals surface area (Å²) in [6.07, 6.45) is -0.518. The van der Waals surface area contributed by atoms with Gasteiger partial charge >= 0.3 is 6.09 Å². The van der Waals surface area contributed by atoms with Crippen molar-refractivity contribution in [3.63, 3.8) is 0 Å². The van der Waals surface area contributed by atoms with Crippen LogP contribution in [0.4, 0.5) is 10.5 Å². The van der Waals surface area contributed by atoms with Crippen LogP contribution in [-0.4, -0.2) is 18.5 Å². The second kappa shape index (κ2) is 4.81. The number of anilines is 1. The Balaban J connectivity index is 1.96. The number of ether oxygens (including phenoxy) is 1. The molecule has 1 N–H and O–H groups in total. The van der Waals surface area contributed by atoms with Crippen molar-refractivity contribution in [1.29, 1.82) is 0 Å². The second-order valence-electron chi connectivity index (χ2n) is 4.48. The number of benzene rings is 2. The van der Waals surface area contributed by atoms with Crippen LogP contribution in [0.3, 0.4) is 0 Å². The lowest BCUT2D eigenvalue weighted by Crippen LogP contribution is -2.13. The molecule has 0 fully saturated rings. The molecule has 0 saturated carbocycles. The SMILES string of the molecule is CCOC(=O)Nc1ccc2c(c1)C(=O)c1ccccc1-2. The maximum absolute atomic E-state index is 12.3. The van der Waals surface area contributed by atoms with Gasteiger partial charge in [0.2, 0.25) is 0 Å². The Hall–Kier alpha value is -2.62. The van der Waals surface area contributed by atoms with Gasteiger partial charge < -0.3 is 4.74 Å². The second-order valence-corrected chi connectivity index (χ2v) is 4.48. The molecule has 0 bridgehead atoms. The quantitative estimate of drug-likeness (QED) is 0.773. The predicted octanol–water partition coefficient (Wildman–Crippen LogP) is 3.47. The lowest BCUT2D eigenvalue weighted by molar-refractivity contribution is 0.104. The zero-order valence-corrected chi connectivity index (χ0v) is 11.0. The smallest absolute Gasteiger partial charge is 0.411 e. The van der Waals surface area contributed by atoms with Crippen LogP contribution in [0.5, 0.6) is 0 Å². The number of rotatable bonds is 2. The van der Waals surface area contributed by atoms with E-state index in [1.54, 1.807) is 19.1 Å². The molecule has 0 atom stereocenters. The first kappa shape index (κ1) is 12.4. The van der Waals surface area contributed by atoms with E-state index in [0.29, 0.717) is 23.4 Å². The first-order chi connectivity index (χ1) is 9.70. The molecule has 1 aliphatic rings. The van der Waals surface area contributed by atoms with E-state index < -0.39 is 6.09 Å². The van der Waals surface area contributed by atoms with E-state index >= 15 is 0 Å². The summed E-state index contributed by atoms with van der Waals surface area (Å²) in [4.78, 5) is 23.7. The summed E-state index contributed by atoms with van der Waals surface area (Å²) in [6, 6.07) is 12.8. The molecule has 1 aliphatic carbocycles. The normalized spacial score (nSPS) is 11.8. The highest BCUT2D eigenvalue weighted by Gasteiger charge is 2.26. The largest absolute Gasteiger partial charge is 0.450 e. The topological polar surface area (TPSA) is 55.4 Å². The molecule has 100 valence electrons. The van der Waals surface area contributed by atoms with Gasteiger partial charge in [0.05, 0.1) is 6.61 Å². The third-order valence-corrected chi connectivity index (χ3v) is 3.25. The van der Waals surface area contributed by atoms with Gasteiger partial charge in [-0.05, 0) is 30.2 Å². The highest BCUT2D eigenvalue weighted by molar-refractivity contribution is 6.22. The molecule has 0 saturated heterocycles. The van der Waals surface area contributed by atoms with E-state index in [2.05, 4.69) is 5.32 Å². The zero-order valence-electron chi connectivity index (χ0n) is 11.0. The van der Waals surface area contributed by atoms with Crippen LogP contribution >= 0.6 is 0 Å². The maximum atomic E-state index is 12.3. The Morgan fingerprint density at radius 2 is 1.75 bits per heavy atom. The first-order valence-electron chi connectivity index (χ1n) is 6.42. The lowest BCUT2D eigenvalue weighted by atomic mass is 10.1. The predicted molar refractivity (Wildman–Crippen MR) is 76.0 cm³/mol. The summed E-state index contributed by atoms with van der Waals surface area (Å²) in [5, 5.41) is 2.61. The van der Waals surface area contributed by atoms with Crippen LogP contribution in [-0.2, 0) is 4.74 Å². The fourth-order valence-corrected chi connectivity index (χ4v) is 2.39. The summed E-state index contributed by atoms with van der Waals surface area (Å²) in [6.45, 7) is 2.05. The van der Waals surface area contributed by atoms with Crippen molar-refractivity contribution in [1.82, 2.24) is 0 Å². The molecule has 0 radical (unpaired) electrons. The van der Waals surface area contributed by atoms with Crippen LogP contribution < -0.4 is 5.32 Å². The summed E-state index contributed by atoms with van der Waals surface area (Å²) >= 11 is 0. The Labute approximate surface area is 116 Å². The van der Waals surface area contributed by atoms with Gasteiger partial charge in [-0.15, -0.1) is 0 Å². The van der Waals surface area contributed by atoms with Gasteiger partial charge in [0.15, 0.2) is 5.78 Å². The van der Waals surface area contributed by atoms with Crippen molar-refractivity contribution in [2.75, 3.05) is 11.9 Å². The van der Waals surface area contributed by atoms with Crippen LogP contribution in [0.25, 0.3) is 11.1 Å². The van der Waals surface area contributed by atoms with E-state index in [0.717, 1.165) is 11.1 Å². The molecule has 3 rings (SSSR count). The third-order valence-electron chi connectivity index (χ3n) is 3.25. The molecule has 1 amide bonds. The molecule has 0 aliphatic heterocycles. The standard InChI is InChI=1S/C16H13NO3/c1-2-20-16(19)17-10-7-8-12-11-5-3-4-6-13(11)15(18)14(12)9-10/h3-9H,2H2,1H3,(H,17,19). The van der Waals surface area contributed by atoms with Crippen LogP contribution in [0, 0.1) is 0 Å². The van der Waals surface area contributed by atoms with Crippen LogP contribution in [0.1, 0.15) is 22.8 Å². The molecule has 0 aromatic heterocycles. The number of carbonyl (C=O) groups is 2. The van der Waals surface area contributed by atoms with E-state index in [1.165, 1.54) is 0 Å². The highest BCUT2D eigenvalue weighted by Crippen LogP contribution is 2.37. The van der Waals surface area contributed by atoms with Crippen LogP contribution in [0.2, 0.25) is 0 Å². The molecule has 0 heterocycles. The van der Waals surface area contributed by atoms with Gasteiger partial charge in [-0.2, -0.15) is 0 Å². The molecule has 4 heteroatoms. The molecule has 20 heavy (non-hydrogen) atoms. The van der Waals surface area contributed by atoms with Gasteiger partial charge in [0, 0.05) is 16.8 Å². The van der Waals surface area contributed by atoms with Crippen LogP contribution in [0.15, 0.2) is 42.5 Å². The average Bonchev–Trinajstić information content (AvgIpc) is 2.73. The Morgan fingerprint density at radius 1 is 1.05 bits per heavy atom. The number of hydrogen-bond acceptors (Lipinski definition) is 3. The Bertz CT molecular complexity index is 707. The molecule has 4 nitrogen and oxygen atoms in total. The molecule has 2 aromatic rings. The van der Waals surface area contributed by atoms with Crippen molar-refractivity contribution in [2.24, 2.45) is 0 Å². The van der Waals surface area contributed by atoms with Crippen molar-refractivity contribution < 1.29 is 14.3 Å². The number of ketones is 1. The van der Waals surface area contributed by atoms with Gasteiger partial charge in [-0.3, -0.25) is 10.1 Å². The zero-order chi connectivity index (χ0) is 14.1. The van der Waals surface area contributed by atoms with Gasteiger partial charge in [-0.25, -0.2) is 4.79 Å². The van der Waals surface area contributed by atoms with E-state index in [1.807, 2.05) is 30.3 Å². The number of nitrogens with one attached hydrogen (secondary N) is 1. The fraction of sp³-hybridized carbons (Fsp3) is 0.125. The third kappa shape index (κ3) is 1.95. The van der Waals surface area contributed by atoms with Gasteiger partial charge in [0.1, 0.15) is 0 Å². The average molecular weight is 267 g/mol. The molecular formula is C16H13NO3. The molecule has 0 spiro atoms. The molecule has 2 aromatic carbocycles. The number of amides is 1. The Kier molecular flexibility index (Phi) is 2.99. The number of carbonyl (C=O) groups excluding carboxylic acids is 2. The van der Waals surface area contributed by atoms with Gasteiger partial charge in [0.25, 0.3) is 0 Å². The minimum Gasteiger partial charge on any atom is -0.450 e. The minimum absolute atomic E-state index is 0.0110. The summed E-state index contributed by atoms with van der Waals surface area (Å²) in [5.41, 5.74) is 3.72. The van der Waals surface area contributed by atoms with E-state index in [9.17, 15) is 9.59 Å². The minimum atomic E-state index is -0.518. The molecule has 0 unspecified atom stereocenters. The lowest BCUT2D eigenvalue weighted by Gasteiger charge is -2.06. The van der Waals surface area contributed by atoms with Crippen molar-refractivity contribution >= 4 is 17.6 Å². The van der Waals surface area contributed by atoms with E-state index in [-0.39, 0.29) is 5.78 Å². The van der Waals surface area contributed by atoms with Crippen molar-refractivity contribution in [3.05, 3.63) is 53.6 Å². The summed E-state index contributed by atoms with van der Waals surface area (Å²) < 4.78 is 4.82. The highest BCUT2D eigenvalue weighted by atomic mass is 16.5. The molecular weight excluding hydrogens is 254 g/mol. The summed E-state index contributed by atoms with van der Waals surface area (Å²) in [7, 11) is 0. The first-order valence-corrected chi connectivity index (χ1v) is 6.42. The summed E-state index contributed by atoms with van der Waals surface area (Å²) in [5.74, 6) is -0.0110. The van der Waals surface area contributed by atoms with Gasteiger partial charge in [-0.1, -0.05) is 30.3 Å².